The quantitative estimate of drug-likeness (QED) is 0.851. The van der Waals surface area contributed by atoms with Crippen LogP contribution in [-0.2, 0) is 6.42 Å². The average Bonchev–Trinajstić information content (AvgIpc) is 2.64. The van der Waals surface area contributed by atoms with Crippen molar-refractivity contribution in [3.8, 4) is 5.75 Å². The highest BCUT2D eigenvalue weighted by atomic mass is 16.5. The van der Waals surface area contributed by atoms with Crippen LogP contribution in [0.5, 0.6) is 5.75 Å². The summed E-state index contributed by atoms with van der Waals surface area (Å²) in [5.41, 5.74) is 1.04. The molecule has 0 radical (unpaired) electrons. The first-order valence-electron chi connectivity index (χ1n) is 5.88. The molecule has 1 aliphatic heterocycles. The lowest BCUT2D eigenvalue weighted by Gasteiger charge is -2.14. The normalized spacial score (nSPS) is 14.1. The van der Waals surface area contributed by atoms with Crippen LogP contribution in [0.2, 0.25) is 0 Å². The molecule has 1 aliphatic rings. The Bertz CT molecular complexity index is 388. The molecule has 0 aliphatic carbocycles. The number of anilines is 1. The van der Waals surface area contributed by atoms with Crippen molar-refractivity contribution in [1.29, 1.82) is 0 Å². The molecular formula is C12H19N3O. The second kappa shape index (κ2) is 4.28. The summed E-state index contributed by atoms with van der Waals surface area (Å²) in [7, 11) is 0. The molecule has 0 saturated carbocycles. The minimum absolute atomic E-state index is 0.346. The Hall–Kier alpha value is -1.32. The van der Waals surface area contributed by atoms with Crippen LogP contribution < -0.4 is 10.1 Å². The van der Waals surface area contributed by atoms with E-state index in [2.05, 4.69) is 43.0 Å². The van der Waals surface area contributed by atoms with Gasteiger partial charge >= 0.3 is 0 Å². The molecule has 0 amide bonds. The highest BCUT2D eigenvalue weighted by Gasteiger charge is 2.22. The van der Waals surface area contributed by atoms with E-state index >= 15 is 0 Å². The van der Waals surface area contributed by atoms with Gasteiger partial charge in [0, 0.05) is 18.4 Å². The Morgan fingerprint density at radius 3 is 2.56 bits per heavy atom. The third-order valence-electron chi connectivity index (χ3n) is 2.48. The first-order chi connectivity index (χ1) is 7.58. The minimum Gasteiger partial charge on any atom is -0.487 e. The molecule has 4 heteroatoms. The first-order valence-corrected chi connectivity index (χ1v) is 5.88. The van der Waals surface area contributed by atoms with E-state index in [4.69, 9.17) is 4.74 Å². The van der Waals surface area contributed by atoms with Crippen LogP contribution >= 0.6 is 0 Å². The highest BCUT2D eigenvalue weighted by molar-refractivity contribution is 5.55. The number of nitrogens with one attached hydrogen (secondary N) is 1. The van der Waals surface area contributed by atoms with Crippen molar-refractivity contribution in [2.75, 3.05) is 11.9 Å². The molecule has 1 aromatic rings. The number of hydrogen-bond donors (Lipinski definition) is 1. The van der Waals surface area contributed by atoms with Gasteiger partial charge in [-0.1, -0.05) is 13.8 Å². The lowest BCUT2D eigenvalue weighted by molar-refractivity contribution is 0.357. The van der Waals surface area contributed by atoms with E-state index in [1.54, 1.807) is 0 Å². The Morgan fingerprint density at radius 2 is 1.94 bits per heavy atom. The maximum atomic E-state index is 5.58. The van der Waals surface area contributed by atoms with Crippen LogP contribution in [0.15, 0.2) is 0 Å². The van der Waals surface area contributed by atoms with Crippen molar-refractivity contribution in [1.82, 2.24) is 9.97 Å². The summed E-state index contributed by atoms with van der Waals surface area (Å²) in [6.45, 7) is 9.13. The SMILES string of the molecule is CC(C)Nc1nc(C(C)C)nc2c1OCC2. The van der Waals surface area contributed by atoms with E-state index in [-0.39, 0.29) is 0 Å². The lowest BCUT2D eigenvalue weighted by Crippen LogP contribution is -2.14. The molecule has 0 bridgehead atoms. The summed E-state index contributed by atoms with van der Waals surface area (Å²) < 4.78 is 5.58. The third kappa shape index (κ3) is 2.10. The summed E-state index contributed by atoms with van der Waals surface area (Å²) >= 11 is 0. The van der Waals surface area contributed by atoms with Crippen molar-refractivity contribution in [3.05, 3.63) is 11.5 Å². The Balaban J connectivity index is 2.41. The van der Waals surface area contributed by atoms with Gasteiger partial charge in [-0.25, -0.2) is 9.97 Å². The molecule has 0 atom stereocenters. The molecule has 1 N–H and O–H groups in total. The van der Waals surface area contributed by atoms with Gasteiger partial charge in [0.15, 0.2) is 11.6 Å². The smallest absolute Gasteiger partial charge is 0.183 e. The van der Waals surface area contributed by atoms with Crippen molar-refractivity contribution < 1.29 is 4.74 Å². The van der Waals surface area contributed by atoms with Crippen LogP contribution in [0.4, 0.5) is 5.82 Å². The van der Waals surface area contributed by atoms with Crippen molar-refractivity contribution in [2.24, 2.45) is 0 Å². The number of nitrogens with zero attached hydrogens (tertiary/aromatic N) is 2. The summed E-state index contributed by atoms with van der Waals surface area (Å²) in [4.78, 5) is 9.08. The van der Waals surface area contributed by atoms with Crippen LogP contribution in [0, 0.1) is 0 Å². The zero-order chi connectivity index (χ0) is 11.7. The minimum atomic E-state index is 0.346. The van der Waals surface area contributed by atoms with Gasteiger partial charge in [0.25, 0.3) is 0 Å². The van der Waals surface area contributed by atoms with Gasteiger partial charge in [0.2, 0.25) is 0 Å². The van der Waals surface area contributed by atoms with Crippen molar-refractivity contribution in [2.45, 2.75) is 46.1 Å². The molecule has 2 rings (SSSR count). The van der Waals surface area contributed by atoms with Crippen molar-refractivity contribution in [3.63, 3.8) is 0 Å². The maximum Gasteiger partial charge on any atom is 0.183 e. The van der Waals surface area contributed by atoms with Gasteiger partial charge in [-0.2, -0.15) is 0 Å². The van der Waals surface area contributed by atoms with Crippen LogP contribution in [0.25, 0.3) is 0 Å². The van der Waals surface area contributed by atoms with Gasteiger partial charge in [-0.15, -0.1) is 0 Å². The Morgan fingerprint density at radius 1 is 1.19 bits per heavy atom. The summed E-state index contributed by atoms with van der Waals surface area (Å²) in [6, 6.07) is 0.350. The van der Waals surface area contributed by atoms with Gasteiger partial charge in [-0.3, -0.25) is 0 Å². The molecule has 0 unspecified atom stereocenters. The number of aromatic nitrogens is 2. The second-order valence-electron chi connectivity index (χ2n) is 4.76. The highest BCUT2D eigenvalue weighted by Crippen LogP contribution is 2.32. The molecule has 1 aromatic heterocycles. The van der Waals surface area contributed by atoms with Crippen LogP contribution in [0.3, 0.4) is 0 Å². The monoisotopic (exact) mass is 221 g/mol. The molecular weight excluding hydrogens is 202 g/mol. The molecule has 4 nitrogen and oxygen atoms in total. The molecule has 0 fully saturated rings. The van der Waals surface area contributed by atoms with E-state index in [0.29, 0.717) is 12.0 Å². The zero-order valence-corrected chi connectivity index (χ0v) is 10.4. The fourth-order valence-electron chi connectivity index (χ4n) is 1.72. The standard InChI is InChI=1S/C12H19N3O/c1-7(2)11-14-9-5-6-16-10(9)12(15-11)13-8(3)4/h7-8H,5-6H2,1-4H3,(H,13,14,15). The van der Waals surface area contributed by atoms with Crippen LogP contribution in [-0.4, -0.2) is 22.6 Å². The lowest BCUT2D eigenvalue weighted by atomic mass is 10.2. The second-order valence-corrected chi connectivity index (χ2v) is 4.76. The fourth-order valence-corrected chi connectivity index (χ4v) is 1.72. The van der Waals surface area contributed by atoms with E-state index < -0.39 is 0 Å². The van der Waals surface area contributed by atoms with Gasteiger partial charge in [0.05, 0.1) is 12.3 Å². The molecule has 88 valence electrons. The number of ether oxygens (including phenoxy) is 1. The van der Waals surface area contributed by atoms with E-state index in [9.17, 15) is 0 Å². The summed E-state index contributed by atoms with van der Waals surface area (Å²) in [5.74, 6) is 2.94. The largest absolute Gasteiger partial charge is 0.487 e. The molecule has 16 heavy (non-hydrogen) atoms. The predicted molar refractivity (Wildman–Crippen MR) is 64.1 cm³/mol. The topological polar surface area (TPSA) is 47.0 Å². The predicted octanol–water partition coefficient (Wildman–Crippen LogP) is 2.36. The van der Waals surface area contributed by atoms with E-state index in [1.165, 1.54) is 0 Å². The van der Waals surface area contributed by atoms with Gasteiger partial charge in [0.1, 0.15) is 5.82 Å². The maximum absolute atomic E-state index is 5.58. The zero-order valence-electron chi connectivity index (χ0n) is 10.4. The number of hydrogen-bond acceptors (Lipinski definition) is 4. The first kappa shape index (κ1) is 11.2. The third-order valence-corrected chi connectivity index (χ3v) is 2.48. The molecule has 0 saturated heterocycles. The number of rotatable bonds is 3. The van der Waals surface area contributed by atoms with Gasteiger partial charge in [-0.05, 0) is 13.8 Å². The van der Waals surface area contributed by atoms with E-state index in [0.717, 1.165) is 36.1 Å². The molecule has 2 heterocycles. The van der Waals surface area contributed by atoms with Crippen molar-refractivity contribution >= 4 is 5.82 Å². The van der Waals surface area contributed by atoms with E-state index in [1.807, 2.05) is 0 Å². The summed E-state index contributed by atoms with van der Waals surface area (Å²) in [5, 5.41) is 3.32. The molecule has 0 spiro atoms. The number of fused-ring (bicyclic) bond motifs is 1. The Labute approximate surface area is 96.4 Å². The fraction of sp³-hybridized carbons (Fsp3) is 0.667. The average molecular weight is 221 g/mol. The molecule has 0 aromatic carbocycles. The van der Waals surface area contributed by atoms with Crippen LogP contribution in [0.1, 0.15) is 45.1 Å². The Kier molecular flexibility index (Phi) is 2.99. The van der Waals surface area contributed by atoms with Gasteiger partial charge < -0.3 is 10.1 Å². The summed E-state index contributed by atoms with van der Waals surface area (Å²) in [6.07, 6.45) is 0.893.